The normalized spacial score (nSPS) is 10.0. The molecule has 0 aliphatic rings. The lowest BCUT2D eigenvalue weighted by atomic mass is 10.0. The second-order valence-corrected chi connectivity index (χ2v) is 4.83. The molecular formula is C16H19NO4. The zero-order valence-electron chi connectivity index (χ0n) is 12.2. The van der Waals surface area contributed by atoms with Crippen LogP contribution < -0.4 is 4.74 Å². The van der Waals surface area contributed by atoms with E-state index in [0.717, 1.165) is 10.5 Å². The molecule has 0 unspecified atom stereocenters. The number of amides is 1. The maximum Gasteiger partial charge on any atom is 0.323 e. The highest BCUT2D eigenvalue weighted by Crippen LogP contribution is 2.25. The summed E-state index contributed by atoms with van der Waals surface area (Å²) in [6, 6.07) is 7.44. The highest BCUT2D eigenvalue weighted by molar-refractivity contribution is 5.82. The average Bonchev–Trinajstić information content (AvgIpc) is 2.44. The van der Waals surface area contributed by atoms with Crippen LogP contribution in [0.1, 0.15) is 25.3 Å². The number of nitrogens with zero attached hydrogens (tertiary/aromatic N) is 1. The Morgan fingerprint density at radius 2 is 2.05 bits per heavy atom. The molecule has 0 aliphatic carbocycles. The van der Waals surface area contributed by atoms with Gasteiger partial charge in [0.2, 0.25) is 0 Å². The highest BCUT2D eigenvalue weighted by Gasteiger charge is 2.17. The van der Waals surface area contributed by atoms with Gasteiger partial charge in [-0.2, -0.15) is 0 Å². The van der Waals surface area contributed by atoms with E-state index in [1.807, 2.05) is 32.0 Å². The van der Waals surface area contributed by atoms with Crippen molar-refractivity contribution in [2.24, 2.45) is 0 Å². The van der Waals surface area contributed by atoms with Crippen molar-refractivity contribution in [1.82, 2.24) is 4.90 Å². The minimum atomic E-state index is -1.11. The summed E-state index contributed by atoms with van der Waals surface area (Å²) in [6.45, 7) is 3.33. The molecule has 1 aromatic carbocycles. The van der Waals surface area contributed by atoms with Crippen molar-refractivity contribution in [3.8, 4) is 18.1 Å². The third-order valence-corrected chi connectivity index (χ3v) is 2.85. The number of benzene rings is 1. The first-order valence-corrected chi connectivity index (χ1v) is 6.60. The van der Waals surface area contributed by atoms with Crippen LogP contribution >= 0.6 is 0 Å². The number of carbonyl (C=O) groups is 2. The molecule has 21 heavy (non-hydrogen) atoms. The van der Waals surface area contributed by atoms with Crippen LogP contribution in [-0.4, -0.2) is 41.6 Å². The summed E-state index contributed by atoms with van der Waals surface area (Å²) in [5.41, 5.74) is 0.993. The van der Waals surface area contributed by atoms with Gasteiger partial charge in [-0.15, -0.1) is 6.42 Å². The fourth-order valence-corrected chi connectivity index (χ4v) is 1.83. The smallest absolute Gasteiger partial charge is 0.323 e. The van der Waals surface area contributed by atoms with Gasteiger partial charge in [0.05, 0.1) is 6.54 Å². The van der Waals surface area contributed by atoms with Gasteiger partial charge in [-0.05, 0) is 17.5 Å². The van der Waals surface area contributed by atoms with Crippen LogP contribution in [0.4, 0.5) is 0 Å². The fraction of sp³-hybridized carbons (Fsp3) is 0.375. The Labute approximate surface area is 124 Å². The molecule has 0 aliphatic heterocycles. The van der Waals surface area contributed by atoms with Gasteiger partial charge in [-0.25, -0.2) is 0 Å². The van der Waals surface area contributed by atoms with Gasteiger partial charge in [0.15, 0.2) is 6.61 Å². The molecule has 0 saturated carbocycles. The van der Waals surface area contributed by atoms with Crippen LogP contribution in [0.5, 0.6) is 5.75 Å². The van der Waals surface area contributed by atoms with E-state index in [2.05, 4.69) is 5.92 Å². The number of hydrogen-bond donors (Lipinski definition) is 1. The Balaban J connectivity index is 2.71. The van der Waals surface area contributed by atoms with Crippen LogP contribution in [0.25, 0.3) is 0 Å². The SMILES string of the molecule is C#CCN(CC(=O)O)C(=O)COc1ccccc1C(C)C. The second kappa shape index (κ2) is 7.95. The Morgan fingerprint density at radius 1 is 1.38 bits per heavy atom. The molecule has 0 bridgehead atoms. The number of para-hydroxylation sites is 1. The van der Waals surface area contributed by atoms with Gasteiger partial charge in [0.25, 0.3) is 5.91 Å². The zero-order chi connectivity index (χ0) is 15.8. The van der Waals surface area contributed by atoms with Gasteiger partial charge in [-0.1, -0.05) is 38.0 Å². The lowest BCUT2D eigenvalue weighted by Gasteiger charge is -2.19. The lowest BCUT2D eigenvalue weighted by Crippen LogP contribution is -2.39. The largest absolute Gasteiger partial charge is 0.483 e. The predicted octanol–water partition coefficient (Wildman–Crippen LogP) is 1.74. The molecule has 0 radical (unpaired) electrons. The van der Waals surface area contributed by atoms with E-state index < -0.39 is 18.4 Å². The van der Waals surface area contributed by atoms with E-state index in [9.17, 15) is 9.59 Å². The third kappa shape index (κ3) is 5.19. The Morgan fingerprint density at radius 3 is 2.62 bits per heavy atom. The molecule has 5 heteroatoms. The Hall–Kier alpha value is -2.48. The highest BCUT2D eigenvalue weighted by atomic mass is 16.5. The number of carbonyl (C=O) groups excluding carboxylic acids is 1. The van der Waals surface area contributed by atoms with Crippen molar-refractivity contribution in [3.05, 3.63) is 29.8 Å². The van der Waals surface area contributed by atoms with E-state index in [-0.39, 0.29) is 19.1 Å². The van der Waals surface area contributed by atoms with Crippen molar-refractivity contribution < 1.29 is 19.4 Å². The predicted molar refractivity (Wildman–Crippen MR) is 79.1 cm³/mol. The lowest BCUT2D eigenvalue weighted by molar-refractivity contribution is -0.144. The van der Waals surface area contributed by atoms with Crippen molar-refractivity contribution in [1.29, 1.82) is 0 Å². The summed E-state index contributed by atoms with van der Waals surface area (Å²) in [4.78, 5) is 23.7. The van der Waals surface area contributed by atoms with Crippen LogP contribution in [0.2, 0.25) is 0 Å². The molecule has 0 aromatic heterocycles. The van der Waals surface area contributed by atoms with Gasteiger partial charge in [0, 0.05) is 0 Å². The van der Waals surface area contributed by atoms with Gasteiger partial charge in [-0.3, -0.25) is 9.59 Å². The standard InChI is InChI=1S/C16H19NO4/c1-4-9-17(10-16(19)20)15(18)11-21-14-8-6-5-7-13(14)12(2)3/h1,5-8,12H,9-11H2,2-3H3,(H,19,20). The molecule has 1 rings (SSSR count). The number of hydrogen-bond acceptors (Lipinski definition) is 3. The fourth-order valence-electron chi connectivity index (χ4n) is 1.83. The molecule has 5 nitrogen and oxygen atoms in total. The molecule has 0 saturated heterocycles. The second-order valence-electron chi connectivity index (χ2n) is 4.83. The van der Waals surface area contributed by atoms with E-state index in [4.69, 9.17) is 16.3 Å². The minimum Gasteiger partial charge on any atom is -0.483 e. The van der Waals surface area contributed by atoms with Crippen molar-refractivity contribution >= 4 is 11.9 Å². The number of rotatable bonds is 7. The first kappa shape index (κ1) is 16.6. The van der Waals surface area contributed by atoms with Crippen molar-refractivity contribution in [3.63, 3.8) is 0 Å². The van der Waals surface area contributed by atoms with Crippen LogP contribution in [0.3, 0.4) is 0 Å². The average molecular weight is 289 g/mol. The summed E-state index contributed by atoms with van der Waals surface area (Å²) < 4.78 is 5.52. The summed E-state index contributed by atoms with van der Waals surface area (Å²) >= 11 is 0. The Bertz CT molecular complexity index is 545. The molecule has 0 atom stereocenters. The van der Waals surface area contributed by atoms with Gasteiger partial charge >= 0.3 is 5.97 Å². The van der Waals surface area contributed by atoms with E-state index in [1.54, 1.807) is 6.07 Å². The summed E-state index contributed by atoms with van der Waals surface area (Å²) in [5.74, 6) is 1.59. The molecule has 0 heterocycles. The number of carboxylic acid groups (broad SMARTS) is 1. The number of terminal acetylenes is 1. The Kier molecular flexibility index (Phi) is 6.28. The number of aliphatic carboxylic acids is 1. The van der Waals surface area contributed by atoms with E-state index in [1.165, 1.54) is 0 Å². The molecule has 1 N–H and O–H groups in total. The summed E-state index contributed by atoms with van der Waals surface area (Å²) in [5, 5.41) is 8.76. The van der Waals surface area contributed by atoms with E-state index in [0.29, 0.717) is 5.75 Å². The number of carboxylic acids is 1. The van der Waals surface area contributed by atoms with Crippen molar-refractivity contribution in [2.75, 3.05) is 19.7 Å². The number of ether oxygens (including phenoxy) is 1. The van der Waals surface area contributed by atoms with Crippen LogP contribution in [-0.2, 0) is 9.59 Å². The zero-order valence-corrected chi connectivity index (χ0v) is 12.2. The summed E-state index contributed by atoms with van der Waals surface area (Å²) in [6.07, 6.45) is 5.14. The van der Waals surface area contributed by atoms with Gasteiger partial charge in [0.1, 0.15) is 12.3 Å². The molecule has 112 valence electrons. The van der Waals surface area contributed by atoms with Gasteiger partial charge < -0.3 is 14.7 Å². The molecular weight excluding hydrogens is 270 g/mol. The monoisotopic (exact) mass is 289 g/mol. The third-order valence-electron chi connectivity index (χ3n) is 2.85. The van der Waals surface area contributed by atoms with Crippen LogP contribution in [0.15, 0.2) is 24.3 Å². The first-order chi connectivity index (χ1) is 9.95. The first-order valence-electron chi connectivity index (χ1n) is 6.60. The molecule has 0 spiro atoms. The molecule has 0 fully saturated rings. The molecule has 1 aromatic rings. The maximum absolute atomic E-state index is 12.0. The van der Waals surface area contributed by atoms with E-state index >= 15 is 0 Å². The quantitative estimate of drug-likeness (QED) is 0.776. The van der Waals surface area contributed by atoms with Crippen molar-refractivity contribution in [2.45, 2.75) is 19.8 Å². The maximum atomic E-state index is 12.0. The minimum absolute atomic E-state index is 0.0552. The summed E-state index contributed by atoms with van der Waals surface area (Å²) in [7, 11) is 0. The van der Waals surface area contributed by atoms with Crippen LogP contribution in [0, 0.1) is 12.3 Å². The topological polar surface area (TPSA) is 66.8 Å². The molecule has 1 amide bonds.